The summed E-state index contributed by atoms with van der Waals surface area (Å²) in [5.41, 5.74) is 3.35. The Bertz CT molecular complexity index is 572. The van der Waals surface area contributed by atoms with Gasteiger partial charge in [0.15, 0.2) is 0 Å². The van der Waals surface area contributed by atoms with E-state index >= 15 is 0 Å². The van der Waals surface area contributed by atoms with Crippen molar-refractivity contribution < 1.29 is 4.42 Å². The summed E-state index contributed by atoms with van der Waals surface area (Å²) < 4.78 is 6.04. The second-order valence-corrected chi connectivity index (χ2v) is 5.92. The number of furan rings is 1. The van der Waals surface area contributed by atoms with Crippen molar-refractivity contribution in [1.82, 2.24) is 5.32 Å². The summed E-state index contributed by atoms with van der Waals surface area (Å²) in [7, 11) is 0. The molecule has 19 heavy (non-hydrogen) atoms. The number of benzene rings is 1. The molecule has 2 rings (SSSR count). The zero-order chi connectivity index (χ0) is 14.0. The van der Waals surface area contributed by atoms with Crippen molar-refractivity contribution in [3.63, 3.8) is 0 Å². The van der Waals surface area contributed by atoms with Crippen molar-refractivity contribution in [3.05, 3.63) is 34.0 Å². The van der Waals surface area contributed by atoms with Crippen molar-refractivity contribution in [2.45, 2.75) is 40.7 Å². The minimum atomic E-state index is 0.644. The van der Waals surface area contributed by atoms with Gasteiger partial charge in [0.2, 0.25) is 0 Å². The molecule has 0 amide bonds. The summed E-state index contributed by atoms with van der Waals surface area (Å²) >= 11 is 6.15. The number of halogens is 1. The molecule has 1 N–H and O–H groups in total. The monoisotopic (exact) mass is 279 g/mol. The first-order valence-electron chi connectivity index (χ1n) is 6.94. The molecule has 0 fully saturated rings. The molecule has 1 aromatic carbocycles. The largest absolute Gasteiger partial charge is 0.459 e. The molecule has 2 aromatic rings. The Morgan fingerprint density at radius 1 is 1.32 bits per heavy atom. The van der Waals surface area contributed by atoms with Gasteiger partial charge in [-0.2, -0.15) is 0 Å². The van der Waals surface area contributed by atoms with Gasteiger partial charge in [0, 0.05) is 16.0 Å². The summed E-state index contributed by atoms with van der Waals surface area (Å²) in [5.74, 6) is 1.69. The summed E-state index contributed by atoms with van der Waals surface area (Å²) in [6, 6.07) is 3.97. The molecule has 0 aliphatic heterocycles. The van der Waals surface area contributed by atoms with Crippen molar-refractivity contribution in [3.8, 4) is 0 Å². The van der Waals surface area contributed by atoms with Gasteiger partial charge < -0.3 is 9.73 Å². The summed E-state index contributed by atoms with van der Waals surface area (Å²) in [6.45, 7) is 10.4. The summed E-state index contributed by atoms with van der Waals surface area (Å²) in [4.78, 5) is 0. The maximum absolute atomic E-state index is 6.15. The van der Waals surface area contributed by atoms with Gasteiger partial charge in [-0.25, -0.2) is 0 Å². The van der Waals surface area contributed by atoms with Gasteiger partial charge in [-0.3, -0.25) is 0 Å². The molecule has 0 aliphatic rings. The van der Waals surface area contributed by atoms with Crippen LogP contribution in [0.25, 0.3) is 11.0 Å². The van der Waals surface area contributed by atoms with Gasteiger partial charge in [-0.05, 0) is 43.5 Å². The highest BCUT2D eigenvalue weighted by Crippen LogP contribution is 2.31. The lowest BCUT2D eigenvalue weighted by molar-refractivity contribution is 0.480. The van der Waals surface area contributed by atoms with E-state index in [9.17, 15) is 0 Å². The van der Waals surface area contributed by atoms with Crippen LogP contribution in [0, 0.1) is 12.8 Å². The first-order valence-corrected chi connectivity index (χ1v) is 7.31. The van der Waals surface area contributed by atoms with Crippen LogP contribution in [-0.2, 0) is 13.0 Å². The smallest absolute Gasteiger partial charge is 0.137 e. The first kappa shape index (κ1) is 14.4. The molecule has 1 heterocycles. The highest BCUT2D eigenvalue weighted by molar-refractivity contribution is 6.31. The number of nitrogens with one attached hydrogen (secondary N) is 1. The SMILES string of the molecule is CCc1c(CNCC(C)C)oc2c(C)cc(Cl)cc12. The van der Waals surface area contributed by atoms with Crippen molar-refractivity contribution in [1.29, 1.82) is 0 Å². The summed E-state index contributed by atoms with van der Waals surface area (Å²) in [5, 5.41) is 5.38. The molecule has 104 valence electrons. The van der Waals surface area contributed by atoms with E-state index in [1.54, 1.807) is 0 Å². The van der Waals surface area contributed by atoms with Crippen LogP contribution in [0.3, 0.4) is 0 Å². The van der Waals surface area contributed by atoms with Gasteiger partial charge in [-0.1, -0.05) is 32.4 Å². The fourth-order valence-corrected chi connectivity index (χ4v) is 2.70. The molecule has 0 saturated carbocycles. The third kappa shape index (κ3) is 3.13. The number of hydrogen-bond acceptors (Lipinski definition) is 2. The Morgan fingerprint density at radius 2 is 2.05 bits per heavy atom. The molecular formula is C16H22ClNO. The molecule has 0 bridgehead atoms. The third-order valence-corrected chi connectivity index (χ3v) is 3.54. The molecule has 0 radical (unpaired) electrons. The second-order valence-electron chi connectivity index (χ2n) is 5.48. The van der Waals surface area contributed by atoms with Crippen LogP contribution in [0.5, 0.6) is 0 Å². The Balaban J connectivity index is 2.36. The minimum Gasteiger partial charge on any atom is -0.459 e. The predicted molar refractivity (Wildman–Crippen MR) is 81.9 cm³/mol. The van der Waals surface area contributed by atoms with Gasteiger partial charge in [-0.15, -0.1) is 0 Å². The molecule has 0 unspecified atom stereocenters. The number of rotatable bonds is 5. The van der Waals surface area contributed by atoms with Crippen LogP contribution >= 0.6 is 11.6 Å². The quantitative estimate of drug-likeness (QED) is 0.858. The Kier molecular flexibility index (Phi) is 4.54. The fourth-order valence-electron chi connectivity index (χ4n) is 2.43. The molecule has 1 aromatic heterocycles. The third-order valence-electron chi connectivity index (χ3n) is 3.32. The molecular weight excluding hydrogens is 258 g/mol. The average Bonchev–Trinajstić information content (AvgIpc) is 2.66. The number of aryl methyl sites for hydroxylation is 2. The minimum absolute atomic E-state index is 0.644. The molecule has 0 spiro atoms. The van der Waals surface area contributed by atoms with Crippen LogP contribution < -0.4 is 5.32 Å². The van der Waals surface area contributed by atoms with Gasteiger partial charge in [0.25, 0.3) is 0 Å². The predicted octanol–water partition coefficient (Wildman–Crippen LogP) is 4.70. The average molecular weight is 280 g/mol. The van der Waals surface area contributed by atoms with E-state index < -0.39 is 0 Å². The lowest BCUT2D eigenvalue weighted by Gasteiger charge is -2.06. The van der Waals surface area contributed by atoms with Crippen molar-refractivity contribution in [2.75, 3.05) is 6.54 Å². The second kappa shape index (κ2) is 5.98. The zero-order valence-corrected chi connectivity index (χ0v) is 12.9. The van der Waals surface area contributed by atoms with E-state index in [4.69, 9.17) is 16.0 Å². The Hall–Kier alpha value is -0.990. The van der Waals surface area contributed by atoms with E-state index in [2.05, 4.69) is 26.1 Å². The van der Waals surface area contributed by atoms with Crippen LogP contribution in [0.15, 0.2) is 16.5 Å². The highest BCUT2D eigenvalue weighted by atomic mass is 35.5. The van der Waals surface area contributed by atoms with Crippen molar-refractivity contribution in [2.24, 2.45) is 5.92 Å². The fraction of sp³-hybridized carbons (Fsp3) is 0.500. The Morgan fingerprint density at radius 3 is 2.68 bits per heavy atom. The molecule has 0 saturated heterocycles. The number of hydrogen-bond donors (Lipinski definition) is 1. The lowest BCUT2D eigenvalue weighted by Crippen LogP contribution is -2.19. The highest BCUT2D eigenvalue weighted by Gasteiger charge is 2.14. The Labute approximate surface area is 120 Å². The molecule has 0 aliphatic carbocycles. The zero-order valence-electron chi connectivity index (χ0n) is 12.1. The first-order chi connectivity index (χ1) is 9.02. The standard InChI is InChI=1S/C16H22ClNO/c1-5-13-14-7-12(17)6-11(4)16(14)19-15(13)9-18-8-10(2)3/h6-7,10,18H,5,8-9H2,1-4H3. The van der Waals surface area contributed by atoms with E-state index in [0.29, 0.717) is 5.92 Å². The van der Waals surface area contributed by atoms with Crippen LogP contribution in [0.4, 0.5) is 0 Å². The molecule has 2 nitrogen and oxygen atoms in total. The molecule has 3 heteroatoms. The van der Waals surface area contributed by atoms with Gasteiger partial charge >= 0.3 is 0 Å². The van der Waals surface area contributed by atoms with Gasteiger partial charge in [0.1, 0.15) is 11.3 Å². The lowest BCUT2D eigenvalue weighted by atomic mass is 10.1. The van der Waals surface area contributed by atoms with Crippen molar-refractivity contribution >= 4 is 22.6 Å². The van der Waals surface area contributed by atoms with Crippen LogP contribution in [0.1, 0.15) is 37.7 Å². The normalized spacial score (nSPS) is 11.7. The van der Waals surface area contributed by atoms with Crippen LogP contribution in [0.2, 0.25) is 5.02 Å². The van der Waals surface area contributed by atoms with Gasteiger partial charge in [0.05, 0.1) is 6.54 Å². The summed E-state index contributed by atoms with van der Waals surface area (Å²) in [6.07, 6.45) is 0.964. The van der Waals surface area contributed by atoms with E-state index in [1.807, 2.05) is 19.1 Å². The topological polar surface area (TPSA) is 25.2 Å². The number of fused-ring (bicyclic) bond motifs is 1. The maximum Gasteiger partial charge on any atom is 0.137 e. The van der Waals surface area contributed by atoms with E-state index in [-0.39, 0.29) is 0 Å². The van der Waals surface area contributed by atoms with E-state index in [0.717, 1.165) is 46.8 Å². The maximum atomic E-state index is 6.15. The van der Waals surface area contributed by atoms with Crippen LogP contribution in [-0.4, -0.2) is 6.54 Å². The van der Waals surface area contributed by atoms with E-state index in [1.165, 1.54) is 5.56 Å². The molecule has 0 atom stereocenters.